The number of aliphatic carboxylic acids is 1. The summed E-state index contributed by atoms with van der Waals surface area (Å²) >= 11 is 0. The maximum atomic E-state index is 12.7. The number of primary amides is 1. The molecule has 0 aromatic heterocycles. The molecule has 2 aromatic carbocycles. The van der Waals surface area contributed by atoms with E-state index in [1.807, 2.05) is 6.07 Å². The summed E-state index contributed by atoms with van der Waals surface area (Å²) in [4.78, 5) is 47.3. The maximum absolute atomic E-state index is 12.7. The van der Waals surface area contributed by atoms with Gasteiger partial charge in [0.25, 0.3) is 0 Å². The summed E-state index contributed by atoms with van der Waals surface area (Å²) in [7, 11) is 0. The molecule has 2 aromatic rings. The summed E-state index contributed by atoms with van der Waals surface area (Å²) in [6.07, 6.45) is -1.40. The average Bonchev–Trinajstić information content (AvgIpc) is 2.72. The van der Waals surface area contributed by atoms with Crippen LogP contribution in [0.25, 0.3) is 0 Å². The van der Waals surface area contributed by atoms with Crippen molar-refractivity contribution in [1.82, 2.24) is 10.6 Å². The summed E-state index contributed by atoms with van der Waals surface area (Å²) in [6.45, 7) is 0.00920. The second-order valence-corrected chi connectivity index (χ2v) is 6.51. The first-order chi connectivity index (χ1) is 14.3. The molecule has 0 aliphatic rings. The van der Waals surface area contributed by atoms with E-state index >= 15 is 0 Å². The van der Waals surface area contributed by atoms with Crippen molar-refractivity contribution in [2.24, 2.45) is 5.73 Å². The Kier molecular flexibility index (Phi) is 8.37. The lowest BCUT2D eigenvalue weighted by Gasteiger charge is -2.21. The molecule has 0 heterocycles. The number of ether oxygens (including phenoxy) is 1. The molecule has 0 radical (unpaired) electrons. The molecule has 0 aliphatic carbocycles. The van der Waals surface area contributed by atoms with Gasteiger partial charge in [-0.05, 0) is 11.1 Å². The van der Waals surface area contributed by atoms with E-state index in [0.717, 1.165) is 11.1 Å². The molecule has 158 valence electrons. The zero-order chi connectivity index (χ0) is 21.9. The second kappa shape index (κ2) is 11.2. The first-order valence-electron chi connectivity index (χ1n) is 9.17. The molecule has 0 bridgehead atoms. The molecule has 0 aliphatic heterocycles. The van der Waals surface area contributed by atoms with Gasteiger partial charge in [-0.2, -0.15) is 0 Å². The van der Waals surface area contributed by atoms with Crippen LogP contribution in [0.15, 0.2) is 60.7 Å². The van der Waals surface area contributed by atoms with Gasteiger partial charge < -0.3 is 26.2 Å². The summed E-state index contributed by atoms with van der Waals surface area (Å²) < 4.78 is 5.15. The SMILES string of the molecule is NC(=O)[C@@H](CC(=O)O)NC(=O)[C@@H](Cc1ccccc1)NC(=O)OCc1ccccc1. The molecule has 9 nitrogen and oxygen atoms in total. The predicted octanol–water partition coefficient (Wildman–Crippen LogP) is 0.969. The lowest BCUT2D eigenvalue weighted by Crippen LogP contribution is -2.54. The van der Waals surface area contributed by atoms with Crippen LogP contribution >= 0.6 is 0 Å². The number of benzene rings is 2. The molecule has 30 heavy (non-hydrogen) atoms. The Balaban J connectivity index is 2.06. The van der Waals surface area contributed by atoms with Crippen molar-refractivity contribution >= 4 is 23.9 Å². The quantitative estimate of drug-likeness (QED) is 0.456. The number of carbonyl (C=O) groups excluding carboxylic acids is 3. The van der Waals surface area contributed by atoms with E-state index in [0.29, 0.717) is 0 Å². The van der Waals surface area contributed by atoms with Crippen LogP contribution in [0.2, 0.25) is 0 Å². The van der Waals surface area contributed by atoms with Gasteiger partial charge in [-0.3, -0.25) is 14.4 Å². The number of hydrogen-bond acceptors (Lipinski definition) is 5. The van der Waals surface area contributed by atoms with Crippen molar-refractivity contribution in [3.63, 3.8) is 0 Å². The zero-order valence-electron chi connectivity index (χ0n) is 16.1. The molecule has 9 heteroatoms. The minimum atomic E-state index is -1.41. The highest BCUT2D eigenvalue weighted by Crippen LogP contribution is 2.06. The number of amides is 3. The fourth-order valence-electron chi connectivity index (χ4n) is 2.64. The molecular formula is C21H23N3O6. The number of carboxylic acid groups (broad SMARTS) is 1. The van der Waals surface area contributed by atoms with E-state index in [-0.39, 0.29) is 13.0 Å². The van der Waals surface area contributed by atoms with E-state index < -0.39 is 42.4 Å². The minimum absolute atomic E-state index is 0.00920. The molecule has 0 saturated heterocycles. The Hall–Kier alpha value is -3.88. The van der Waals surface area contributed by atoms with Crippen molar-refractivity contribution in [1.29, 1.82) is 0 Å². The third kappa shape index (κ3) is 7.63. The molecule has 0 spiro atoms. The van der Waals surface area contributed by atoms with Crippen molar-refractivity contribution in [3.05, 3.63) is 71.8 Å². The van der Waals surface area contributed by atoms with Crippen molar-refractivity contribution < 1.29 is 29.0 Å². The smallest absolute Gasteiger partial charge is 0.408 e. The van der Waals surface area contributed by atoms with Gasteiger partial charge in [0.2, 0.25) is 11.8 Å². The highest BCUT2D eigenvalue weighted by molar-refractivity contribution is 5.92. The Bertz CT molecular complexity index is 873. The van der Waals surface area contributed by atoms with Gasteiger partial charge in [-0.15, -0.1) is 0 Å². The lowest BCUT2D eigenvalue weighted by molar-refractivity contribution is -0.140. The van der Waals surface area contributed by atoms with Gasteiger partial charge in [-0.1, -0.05) is 60.7 Å². The number of carbonyl (C=O) groups is 4. The van der Waals surface area contributed by atoms with Crippen LogP contribution in [0, 0.1) is 0 Å². The van der Waals surface area contributed by atoms with Crippen LogP contribution in [0.3, 0.4) is 0 Å². The fraction of sp³-hybridized carbons (Fsp3) is 0.238. The van der Waals surface area contributed by atoms with Crippen LogP contribution in [0.5, 0.6) is 0 Å². The minimum Gasteiger partial charge on any atom is -0.481 e. The van der Waals surface area contributed by atoms with Gasteiger partial charge >= 0.3 is 12.1 Å². The summed E-state index contributed by atoms with van der Waals surface area (Å²) in [5, 5.41) is 13.6. The second-order valence-electron chi connectivity index (χ2n) is 6.51. The maximum Gasteiger partial charge on any atom is 0.408 e. The lowest BCUT2D eigenvalue weighted by atomic mass is 10.0. The molecular weight excluding hydrogens is 390 g/mol. The molecule has 0 unspecified atom stereocenters. The fourth-order valence-corrected chi connectivity index (χ4v) is 2.64. The number of carboxylic acids is 1. The Morgan fingerprint density at radius 1 is 0.867 bits per heavy atom. The third-order valence-electron chi connectivity index (χ3n) is 4.14. The van der Waals surface area contributed by atoms with Gasteiger partial charge in [0.15, 0.2) is 0 Å². The van der Waals surface area contributed by atoms with Crippen molar-refractivity contribution in [2.75, 3.05) is 0 Å². The van der Waals surface area contributed by atoms with E-state index in [1.54, 1.807) is 54.6 Å². The molecule has 0 fully saturated rings. The predicted molar refractivity (Wildman–Crippen MR) is 107 cm³/mol. The van der Waals surface area contributed by atoms with E-state index in [9.17, 15) is 19.2 Å². The summed E-state index contributed by atoms with van der Waals surface area (Å²) in [5.74, 6) is -3.04. The van der Waals surface area contributed by atoms with Crippen LogP contribution in [0.1, 0.15) is 17.5 Å². The summed E-state index contributed by atoms with van der Waals surface area (Å²) in [5.41, 5.74) is 6.69. The highest BCUT2D eigenvalue weighted by Gasteiger charge is 2.27. The van der Waals surface area contributed by atoms with Gasteiger partial charge in [0.1, 0.15) is 18.7 Å². The van der Waals surface area contributed by atoms with E-state index in [4.69, 9.17) is 15.6 Å². The van der Waals surface area contributed by atoms with E-state index in [2.05, 4.69) is 10.6 Å². The third-order valence-corrected chi connectivity index (χ3v) is 4.14. The molecule has 3 amide bonds. The standard InChI is InChI=1S/C21H23N3O6/c22-19(27)16(12-18(25)26)23-20(28)17(11-14-7-3-1-4-8-14)24-21(29)30-13-15-9-5-2-6-10-15/h1-10,16-17H,11-13H2,(H2,22,27)(H,23,28)(H,24,29)(H,25,26)/t16-,17-/m1/s1. The highest BCUT2D eigenvalue weighted by atomic mass is 16.5. The molecule has 2 atom stereocenters. The largest absolute Gasteiger partial charge is 0.481 e. The molecule has 5 N–H and O–H groups in total. The number of hydrogen-bond donors (Lipinski definition) is 4. The van der Waals surface area contributed by atoms with Crippen LogP contribution in [-0.4, -0.2) is 41.1 Å². The van der Waals surface area contributed by atoms with Crippen LogP contribution in [0.4, 0.5) is 4.79 Å². The number of nitrogens with two attached hydrogens (primary N) is 1. The molecule has 0 saturated carbocycles. The van der Waals surface area contributed by atoms with Crippen LogP contribution < -0.4 is 16.4 Å². The van der Waals surface area contributed by atoms with Crippen molar-refractivity contribution in [3.8, 4) is 0 Å². The average molecular weight is 413 g/mol. The zero-order valence-corrected chi connectivity index (χ0v) is 16.1. The van der Waals surface area contributed by atoms with Gasteiger partial charge in [0.05, 0.1) is 6.42 Å². The number of alkyl carbamates (subject to hydrolysis) is 1. The first kappa shape index (κ1) is 22.4. The first-order valence-corrected chi connectivity index (χ1v) is 9.17. The Morgan fingerprint density at radius 3 is 1.97 bits per heavy atom. The topological polar surface area (TPSA) is 148 Å². The van der Waals surface area contributed by atoms with Crippen LogP contribution in [-0.2, 0) is 32.1 Å². The van der Waals surface area contributed by atoms with Crippen molar-refractivity contribution in [2.45, 2.75) is 31.5 Å². The van der Waals surface area contributed by atoms with Gasteiger partial charge in [-0.25, -0.2) is 4.79 Å². The Labute approximate surface area is 173 Å². The van der Waals surface area contributed by atoms with E-state index in [1.165, 1.54) is 0 Å². The Morgan fingerprint density at radius 2 is 1.43 bits per heavy atom. The summed E-state index contributed by atoms with van der Waals surface area (Å²) in [6, 6.07) is 15.4. The number of rotatable bonds is 10. The monoisotopic (exact) mass is 413 g/mol. The normalized spacial score (nSPS) is 12.3. The molecule has 2 rings (SSSR count). The number of nitrogens with one attached hydrogen (secondary N) is 2. The van der Waals surface area contributed by atoms with Gasteiger partial charge in [0, 0.05) is 6.42 Å².